The summed E-state index contributed by atoms with van der Waals surface area (Å²) in [7, 11) is -2.15. The first kappa shape index (κ1) is 20.8. The molecule has 1 unspecified atom stereocenters. The zero-order valence-electron chi connectivity index (χ0n) is 14.8. The number of carbonyl (C=O) groups is 1. The molecule has 1 heterocycles. The van der Waals surface area contributed by atoms with Gasteiger partial charge in [0.1, 0.15) is 5.82 Å². The van der Waals surface area contributed by atoms with Crippen molar-refractivity contribution in [1.29, 1.82) is 0 Å². The highest BCUT2D eigenvalue weighted by molar-refractivity contribution is 7.89. The molecule has 1 amide bonds. The molecule has 26 heavy (non-hydrogen) atoms. The SMILES string of the molecule is COCCOCCNC(=O)C1CCCN(S(=O)(=O)c2ccc(F)cc2)C1. The molecule has 146 valence electrons. The van der Waals surface area contributed by atoms with Crippen LogP contribution in [0.15, 0.2) is 29.2 Å². The molecule has 1 aliphatic heterocycles. The van der Waals surface area contributed by atoms with Gasteiger partial charge in [0, 0.05) is 26.7 Å². The predicted octanol–water partition coefficient (Wildman–Crippen LogP) is 1.01. The van der Waals surface area contributed by atoms with Crippen molar-refractivity contribution in [3.8, 4) is 0 Å². The third kappa shape index (κ3) is 5.73. The van der Waals surface area contributed by atoms with Gasteiger partial charge in [0.25, 0.3) is 0 Å². The number of hydrogen-bond donors (Lipinski definition) is 1. The van der Waals surface area contributed by atoms with Crippen molar-refractivity contribution >= 4 is 15.9 Å². The average molecular weight is 388 g/mol. The number of nitrogens with one attached hydrogen (secondary N) is 1. The molecular weight excluding hydrogens is 363 g/mol. The second-order valence-electron chi connectivity index (χ2n) is 6.05. The standard InChI is InChI=1S/C17H25FN2O5S/c1-24-11-12-25-10-8-19-17(21)14-3-2-9-20(13-14)26(22,23)16-6-4-15(18)5-7-16/h4-7,14H,2-3,8-13H2,1H3,(H,19,21). The summed E-state index contributed by atoms with van der Waals surface area (Å²) in [5, 5.41) is 2.77. The number of ether oxygens (including phenoxy) is 2. The number of rotatable bonds is 9. The lowest BCUT2D eigenvalue weighted by molar-refractivity contribution is -0.126. The number of sulfonamides is 1. The normalized spacial score (nSPS) is 18.6. The number of amides is 1. The van der Waals surface area contributed by atoms with Crippen LogP contribution in [-0.4, -0.2) is 65.2 Å². The summed E-state index contributed by atoms with van der Waals surface area (Å²) in [6, 6.07) is 4.71. The van der Waals surface area contributed by atoms with Crippen molar-refractivity contribution in [3.05, 3.63) is 30.1 Å². The first-order chi connectivity index (χ1) is 12.4. The van der Waals surface area contributed by atoms with Gasteiger partial charge >= 0.3 is 0 Å². The van der Waals surface area contributed by atoms with E-state index in [-0.39, 0.29) is 17.3 Å². The van der Waals surface area contributed by atoms with E-state index in [9.17, 15) is 17.6 Å². The van der Waals surface area contributed by atoms with Crippen molar-refractivity contribution in [1.82, 2.24) is 9.62 Å². The van der Waals surface area contributed by atoms with E-state index in [2.05, 4.69) is 5.32 Å². The van der Waals surface area contributed by atoms with Crippen LogP contribution in [0.3, 0.4) is 0 Å². The van der Waals surface area contributed by atoms with Crippen LogP contribution in [0.25, 0.3) is 0 Å². The van der Waals surface area contributed by atoms with Crippen LogP contribution >= 0.6 is 0 Å². The van der Waals surface area contributed by atoms with Crippen LogP contribution < -0.4 is 5.32 Å². The van der Waals surface area contributed by atoms with Crippen molar-refractivity contribution < 1.29 is 27.1 Å². The molecule has 0 aromatic heterocycles. The maximum absolute atomic E-state index is 13.0. The molecule has 1 aromatic carbocycles. The first-order valence-corrected chi connectivity index (χ1v) is 9.99. The quantitative estimate of drug-likeness (QED) is 0.638. The molecule has 0 spiro atoms. The summed E-state index contributed by atoms with van der Waals surface area (Å²) >= 11 is 0. The number of hydrogen-bond acceptors (Lipinski definition) is 5. The molecule has 1 aliphatic rings. The van der Waals surface area contributed by atoms with E-state index < -0.39 is 21.8 Å². The van der Waals surface area contributed by atoms with Gasteiger partial charge < -0.3 is 14.8 Å². The number of carbonyl (C=O) groups excluding carboxylic acids is 1. The summed E-state index contributed by atoms with van der Waals surface area (Å²) in [4.78, 5) is 12.3. The second-order valence-corrected chi connectivity index (χ2v) is 7.99. The van der Waals surface area contributed by atoms with Crippen LogP contribution in [0.4, 0.5) is 4.39 Å². The van der Waals surface area contributed by atoms with Gasteiger partial charge in [-0.05, 0) is 37.1 Å². The molecule has 0 bridgehead atoms. The summed E-state index contributed by atoms with van der Waals surface area (Å²) < 4.78 is 49.8. The number of halogens is 1. The minimum atomic E-state index is -3.73. The monoisotopic (exact) mass is 388 g/mol. The Morgan fingerprint density at radius 1 is 1.27 bits per heavy atom. The fourth-order valence-electron chi connectivity index (χ4n) is 2.77. The predicted molar refractivity (Wildman–Crippen MR) is 93.6 cm³/mol. The largest absolute Gasteiger partial charge is 0.382 e. The molecule has 1 aromatic rings. The highest BCUT2D eigenvalue weighted by Gasteiger charge is 2.33. The van der Waals surface area contributed by atoms with Crippen LogP contribution in [0, 0.1) is 11.7 Å². The molecular formula is C17H25FN2O5S. The van der Waals surface area contributed by atoms with Gasteiger partial charge in [0.15, 0.2) is 0 Å². The Kier molecular flexibility index (Phi) is 7.95. The summed E-state index contributed by atoms with van der Waals surface area (Å²) in [6.07, 6.45) is 1.23. The highest BCUT2D eigenvalue weighted by Crippen LogP contribution is 2.24. The minimum absolute atomic E-state index is 0.0338. The fraction of sp³-hybridized carbons (Fsp3) is 0.588. The Labute approximate surface area is 153 Å². The first-order valence-electron chi connectivity index (χ1n) is 8.55. The lowest BCUT2D eigenvalue weighted by Crippen LogP contribution is -2.45. The number of piperidine rings is 1. The Morgan fingerprint density at radius 3 is 2.69 bits per heavy atom. The minimum Gasteiger partial charge on any atom is -0.382 e. The van der Waals surface area contributed by atoms with Gasteiger partial charge in [0.05, 0.1) is 30.6 Å². The summed E-state index contributed by atoms with van der Waals surface area (Å²) in [6.45, 7) is 2.16. The van der Waals surface area contributed by atoms with Gasteiger partial charge in [-0.2, -0.15) is 4.31 Å². The Balaban J connectivity index is 1.87. The van der Waals surface area contributed by atoms with Crippen molar-refractivity contribution in [2.24, 2.45) is 5.92 Å². The summed E-state index contributed by atoms with van der Waals surface area (Å²) in [5.41, 5.74) is 0. The van der Waals surface area contributed by atoms with E-state index in [1.165, 1.54) is 16.4 Å². The zero-order valence-corrected chi connectivity index (χ0v) is 15.6. The van der Waals surface area contributed by atoms with Crippen molar-refractivity contribution in [3.63, 3.8) is 0 Å². The molecule has 2 rings (SSSR count). The molecule has 1 saturated heterocycles. The van der Waals surface area contributed by atoms with Gasteiger partial charge in [-0.1, -0.05) is 0 Å². The third-order valence-corrected chi connectivity index (χ3v) is 6.06. The van der Waals surface area contributed by atoms with Crippen molar-refractivity contribution in [2.45, 2.75) is 17.7 Å². The van der Waals surface area contributed by atoms with Gasteiger partial charge in [0.2, 0.25) is 15.9 Å². The van der Waals surface area contributed by atoms with Crippen LogP contribution in [0.5, 0.6) is 0 Å². The fourth-order valence-corrected chi connectivity index (χ4v) is 4.29. The molecule has 1 N–H and O–H groups in total. The number of nitrogens with zero attached hydrogens (tertiary/aromatic N) is 1. The van der Waals surface area contributed by atoms with E-state index in [1.54, 1.807) is 7.11 Å². The van der Waals surface area contributed by atoms with E-state index in [0.29, 0.717) is 45.8 Å². The molecule has 7 nitrogen and oxygen atoms in total. The van der Waals surface area contributed by atoms with E-state index in [1.807, 2.05) is 0 Å². The molecule has 0 radical (unpaired) electrons. The van der Waals surface area contributed by atoms with E-state index in [4.69, 9.17) is 9.47 Å². The Morgan fingerprint density at radius 2 is 2.00 bits per heavy atom. The average Bonchev–Trinajstić information content (AvgIpc) is 2.65. The smallest absolute Gasteiger partial charge is 0.243 e. The van der Waals surface area contributed by atoms with Gasteiger partial charge in [-0.25, -0.2) is 12.8 Å². The second kappa shape index (κ2) is 9.96. The Hall–Kier alpha value is -1.55. The maximum atomic E-state index is 13.0. The van der Waals surface area contributed by atoms with Crippen LogP contribution in [-0.2, 0) is 24.3 Å². The van der Waals surface area contributed by atoms with Crippen LogP contribution in [0.1, 0.15) is 12.8 Å². The molecule has 0 saturated carbocycles. The highest BCUT2D eigenvalue weighted by atomic mass is 32.2. The molecule has 9 heteroatoms. The van der Waals surface area contributed by atoms with Gasteiger partial charge in [-0.3, -0.25) is 4.79 Å². The third-order valence-electron chi connectivity index (χ3n) is 4.18. The van der Waals surface area contributed by atoms with Crippen molar-refractivity contribution in [2.75, 3.05) is 46.6 Å². The lowest BCUT2D eigenvalue weighted by Gasteiger charge is -2.31. The van der Waals surface area contributed by atoms with Crippen LogP contribution in [0.2, 0.25) is 0 Å². The molecule has 1 atom stereocenters. The topological polar surface area (TPSA) is 84.9 Å². The molecule has 1 fully saturated rings. The summed E-state index contributed by atoms with van der Waals surface area (Å²) in [5.74, 6) is -1.08. The van der Waals surface area contributed by atoms with Gasteiger partial charge in [-0.15, -0.1) is 0 Å². The number of methoxy groups -OCH3 is 1. The Bertz CT molecular complexity index is 681. The lowest BCUT2D eigenvalue weighted by atomic mass is 9.99. The zero-order chi connectivity index (χ0) is 19.0. The van der Waals surface area contributed by atoms with E-state index >= 15 is 0 Å². The maximum Gasteiger partial charge on any atom is 0.243 e. The molecule has 0 aliphatic carbocycles. The number of benzene rings is 1. The van der Waals surface area contributed by atoms with E-state index in [0.717, 1.165) is 12.1 Å².